The molecule has 1 N–H and O–H groups in total. The first-order valence-corrected chi connectivity index (χ1v) is 11.0. The summed E-state index contributed by atoms with van der Waals surface area (Å²) in [7, 11) is -3.52. The van der Waals surface area contributed by atoms with Gasteiger partial charge in [0.05, 0.1) is 10.6 Å². The Hall–Kier alpha value is -1.89. The standard InChI is InChI=1S/C19H26N2O4S/c1-2-19(23)21-11-9-14-13-16(7-8-17(14)21)26(24,25)12-10-18(22)20-15-5-3-4-6-15/h7-8,13,15H,2-6,9-12H2,1H3,(H,20,22). The van der Waals surface area contributed by atoms with Gasteiger partial charge in [-0.3, -0.25) is 9.59 Å². The Morgan fingerprint density at radius 2 is 1.96 bits per heavy atom. The van der Waals surface area contributed by atoms with E-state index in [1.165, 1.54) is 0 Å². The molecule has 142 valence electrons. The Balaban J connectivity index is 1.64. The van der Waals surface area contributed by atoms with Crippen molar-refractivity contribution in [3.63, 3.8) is 0 Å². The van der Waals surface area contributed by atoms with Gasteiger partial charge in [0.1, 0.15) is 0 Å². The molecule has 2 aliphatic rings. The number of hydrogen-bond donors (Lipinski definition) is 1. The van der Waals surface area contributed by atoms with Crippen molar-refractivity contribution in [3.8, 4) is 0 Å². The number of carbonyl (C=O) groups excluding carboxylic acids is 2. The largest absolute Gasteiger partial charge is 0.353 e. The monoisotopic (exact) mass is 378 g/mol. The van der Waals surface area contributed by atoms with Gasteiger partial charge in [0, 0.05) is 31.1 Å². The Kier molecular flexibility index (Phi) is 5.65. The lowest BCUT2D eigenvalue weighted by atomic mass is 10.2. The molecule has 0 spiro atoms. The first-order valence-electron chi connectivity index (χ1n) is 9.36. The first-order chi connectivity index (χ1) is 12.4. The van der Waals surface area contributed by atoms with Gasteiger partial charge in [-0.15, -0.1) is 0 Å². The summed E-state index contributed by atoms with van der Waals surface area (Å²) in [6, 6.07) is 5.11. The lowest BCUT2D eigenvalue weighted by Gasteiger charge is -2.16. The number of anilines is 1. The average Bonchev–Trinajstić information content (AvgIpc) is 3.28. The van der Waals surface area contributed by atoms with Crippen molar-refractivity contribution in [3.05, 3.63) is 23.8 Å². The van der Waals surface area contributed by atoms with E-state index in [4.69, 9.17) is 0 Å². The van der Waals surface area contributed by atoms with E-state index in [0.717, 1.165) is 36.9 Å². The minimum absolute atomic E-state index is 0.0175. The third kappa shape index (κ3) is 4.09. The number of carbonyl (C=O) groups is 2. The van der Waals surface area contributed by atoms with Crippen LogP contribution < -0.4 is 10.2 Å². The van der Waals surface area contributed by atoms with E-state index in [1.807, 2.05) is 6.92 Å². The summed E-state index contributed by atoms with van der Waals surface area (Å²) in [5.41, 5.74) is 1.68. The summed E-state index contributed by atoms with van der Waals surface area (Å²) in [4.78, 5) is 25.9. The SMILES string of the molecule is CCC(=O)N1CCc2cc(S(=O)(=O)CCC(=O)NC3CCCC3)ccc21. The van der Waals surface area contributed by atoms with Crippen LogP contribution in [0.3, 0.4) is 0 Å². The maximum atomic E-state index is 12.6. The molecule has 7 heteroatoms. The first kappa shape index (κ1) is 18.9. The van der Waals surface area contributed by atoms with Crippen molar-refractivity contribution < 1.29 is 18.0 Å². The van der Waals surface area contributed by atoms with Gasteiger partial charge < -0.3 is 10.2 Å². The molecule has 0 saturated heterocycles. The van der Waals surface area contributed by atoms with E-state index in [9.17, 15) is 18.0 Å². The summed E-state index contributed by atoms with van der Waals surface area (Å²) >= 11 is 0. The molecule has 2 amide bonds. The van der Waals surface area contributed by atoms with Crippen LogP contribution in [0.15, 0.2) is 23.1 Å². The molecule has 0 bridgehead atoms. The molecule has 26 heavy (non-hydrogen) atoms. The molecular formula is C19H26N2O4S. The van der Waals surface area contributed by atoms with Crippen LogP contribution in [0, 0.1) is 0 Å². The van der Waals surface area contributed by atoms with E-state index < -0.39 is 9.84 Å². The minimum Gasteiger partial charge on any atom is -0.353 e. The third-order valence-corrected chi connectivity index (χ3v) is 6.94. The van der Waals surface area contributed by atoms with E-state index in [0.29, 0.717) is 19.4 Å². The molecule has 0 atom stereocenters. The fraction of sp³-hybridized carbons (Fsp3) is 0.579. The maximum Gasteiger partial charge on any atom is 0.226 e. The van der Waals surface area contributed by atoms with E-state index in [-0.39, 0.29) is 34.9 Å². The maximum absolute atomic E-state index is 12.6. The number of nitrogens with zero attached hydrogens (tertiary/aromatic N) is 1. The third-order valence-electron chi connectivity index (χ3n) is 5.23. The zero-order valence-electron chi connectivity index (χ0n) is 15.2. The summed E-state index contributed by atoms with van der Waals surface area (Å²) in [5.74, 6) is -0.341. The smallest absolute Gasteiger partial charge is 0.226 e. The number of hydrogen-bond acceptors (Lipinski definition) is 4. The predicted molar refractivity (Wildman–Crippen MR) is 99.9 cm³/mol. The highest BCUT2D eigenvalue weighted by Crippen LogP contribution is 2.31. The van der Waals surface area contributed by atoms with Crippen molar-refractivity contribution in [2.75, 3.05) is 17.2 Å². The lowest BCUT2D eigenvalue weighted by molar-refractivity contribution is -0.121. The predicted octanol–water partition coefficient (Wildman–Crippen LogP) is 2.21. The van der Waals surface area contributed by atoms with Crippen molar-refractivity contribution in [1.29, 1.82) is 0 Å². The van der Waals surface area contributed by atoms with Gasteiger partial charge in [-0.2, -0.15) is 0 Å². The number of rotatable bonds is 6. The molecule has 0 unspecified atom stereocenters. The summed E-state index contributed by atoms with van der Waals surface area (Å²) in [6.07, 6.45) is 5.27. The van der Waals surface area contributed by atoms with Gasteiger partial charge in [0.2, 0.25) is 11.8 Å². The molecule has 1 fully saturated rings. The fourth-order valence-electron chi connectivity index (χ4n) is 3.74. The van der Waals surface area contributed by atoms with Crippen LogP contribution in [0.2, 0.25) is 0 Å². The van der Waals surface area contributed by atoms with E-state index >= 15 is 0 Å². The van der Waals surface area contributed by atoms with Gasteiger partial charge in [-0.25, -0.2) is 8.42 Å². The van der Waals surface area contributed by atoms with Crippen molar-refractivity contribution in [2.45, 2.75) is 62.8 Å². The number of amides is 2. The highest BCUT2D eigenvalue weighted by atomic mass is 32.2. The fourth-order valence-corrected chi connectivity index (χ4v) is 5.02. The van der Waals surface area contributed by atoms with Crippen molar-refractivity contribution >= 4 is 27.3 Å². The molecule has 1 aromatic carbocycles. The van der Waals surface area contributed by atoms with Crippen LogP contribution in [0.5, 0.6) is 0 Å². The number of sulfone groups is 1. The lowest BCUT2D eigenvalue weighted by Crippen LogP contribution is -2.33. The van der Waals surface area contributed by atoms with Gasteiger partial charge in [-0.1, -0.05) is 19.8 Å². The van der Waals surface area contributed by atoms with Crippen molar-refractivity contribution in [2.24, 2.45) is 0 Å². The zero-order chi connectivity index (χ0) is 18.7. The van der Waals surface area contributed by atoms with Crippen LogP contribution >= 0.6 is 0 Å². The highest BCUT2D eigenvalue weighted by molar-refractivity contribution is 7.91. The molecular weight excluding hydrogens is 352 g/mol. The Labute approximate surface area is 154 Å². The second-order valence-corrected chi connectivity index (χ2v) is 9.17. The van der Waals surface area contributed by atoms with Crippen LogP contribution in [0.4, 0.5) is 5.69 Å². The molecule has 1 aliphatic carbocycles. The Morgan fingerprint density at radius 1 is 1.23 bits per heavy atom. The molecule has 1 saturated carbocycles. The minimum atomic E-state index is -3.52. The van der Waals surface area contributed by atoms with Crippen molar-refractivity contribution in [1.82, 2.24) is 5.32 Å². The van der Waals surface area contributed by atoms with Crippen LogP contribution in [-0.2, 0) is 25.8 Å². The Morgan fingerprint density at radius 3 is 2.65 bits per heavy atom. The zero-order valence-corrected chi connectivity index (χ0v) is 16.0. The molecule has 3 rings (SSSR count). The summed E-state index contributed by atoms with van der Waals surface area (Å²) in [6.45, 7) is 2.41. The summed E-state index contributed by atoms with van der Waals surface area (Å²) < 4.78 is 25.2. The second kappa shape index (κ2) is 7.78. The molecule has 1 aromatic rings. The average molecular weight is 378 g/mol. The summed E-state index contributed by atoms with van der Waals surface area (Å²) in [5, 5.41) is 2.92. The number of nitrogens with one attached hydrogen (secondary N) is 1. The molecule has 0 radical (unpaired) electrons. The van der Waals surface area contributed by atoms with E-state index in [1.54, 1.807) is 23.1 Å². The van der Waals surface area contributed by atoms with Crippen LogP contribution in [-0.4, -0.2) is 38.6 Å². The molecule has 0 aromatic heterocycles. The second-order valence-electron chi connectivity index (χ2n) is 7.06. The van der Waals surface area contributed by atoms with Crippen LogP contribution in [0.1, 0.15) is 51.0 Å². The number of benzene rings is 1. The highest BCUT2D eigenvalue weighted by Gasteiger charge is 2.26. The number of fused-ring (bicyclic) bond motifs is 1. The van der Waals surface area contributed by atoms with Gasteiger partial charge in [-0.05, 0) is 43.0 Å². The molecule has 6 nitrogen and oxygen atoms in total. The van der Waals surface area contributed by atoms with Gasteiger partial charge in [0.25, 0.3) is 0 Å². The van der Waals surface area contributed by atoms with Gasteiger partial charge >= 0.3 is 0 Å². The molecule has 1 heterocycles. The normalized spacial score (nSPS) is 17.3. The van der Waals surface area contributed by atoms with E-state index in [2.05, 4.69) is 5.32 Å². The molecule has 1 aliphatic heterocycles. The topological polar surface area (TPSA) is 83.6 Å². The van der Waals surface area contributed by atoms with Crippen LogP contribution in [0.25, 0.3) is 0 Å². The Bertz CT molecular complexity index is 798. The van der Waals surface area contributed by atoms with Gasteiger partial charge in [0.15, 0.2) is 9.84 Å². The quantitative estimate of drug-likeness (QED) is 0.823.